The Bertz CT molecular complexity index is 732. The summed E-state index contributed by atoms with van der Waals surface area (Å²) in [6.07, 6.45) is 0. The van der Waals surface area contributed by atoms with Gasteiger partial charge in [0.15, 0.2) is 10.9 Å². The van der Waals surface area contributed by atoms with Crippen molar-refractivity contribution in [1.82, 2.24) is 15.2 Å². The first-order valence-corrected chi connectivity index (χ1v) is 8.42. The summed E-state index contributed by atoms with van der Waals surface area (Å²) in [6, 6.07) is 2.01. The number of carbonyl (C=O) groups is 1. The van der Waals surface area contributed by atoms with Crippen molar-refractivity contribution in [3.8, 4) is 0 Å². The van der Waals surface area contributed by atoms with Gasteiger partial charge in [-0.15, -0.1) is 0 Å². The fraction of sp³-hybridized carbons (Fsp3) is 0.467. The third-order valence-electron chi connectivity index (χ3n) is 3.82. The molecule has 1 aliphatic heterocycles. The zero-order valence-electron chi connectivity index (χ0n) is 13.2. The van der Waals surface area contributed by atoms with Gasteiger partial charge < -0.3 is 19.9 Å². The van der Waals surface area contributed by atoms with Crippen molar-refractivity contribution >= 4 is 32.7 Å². The highest BCUT2D eigenvalue weighted by atomic mass is 32.1. The molecule has 2 aromatic rings. The van der Waals surface area contributed by atoms with Crippen LogP contribution in [0.1, 0.15) is 0 Å². The van der Waals surface area contributed by atoms with Crippen LogP contribution < -0.4 is 10.2 Å². The average molecular weight is 356 g/mol. The Morgan fingerprint density at radius 1 is 1.33 bits per heavy atom. The lowest BCUT2D eigenvalue weighted by Crippen LogP contribution is -2.52. The number of piperazine rings is 1. The smallest absolute Gasteiger partial charge is 0.317 e. The van der Waals surface area contributed by atoms with Gasteiger partial charge in [0, 0.05) is 45.9 Å². The molecule has 6 nitrogen and oxygen atoms in total. The van der Waals surface area contributed by atoms with E-state index in [-0.39, 0.29) is 11.5 Å². The number of carbonyl (C=O) groups excluding carboxylic acids is 1. The summed E-state index contributed by atoms with van der Waals surface area (Å²) in [6.45, 7) is 3.23. The third kappa shape index (κ3) is 3.57. The number of anilines is 1. The van der Waals surface area contributed by atoms with Crippen molar-refractivity contribution in [2.24, 2.45) is 0 Å². The molecular weight excluding hydrogens is 338 g/mol. The fourth-order valence-corrected chi connectivity index (χ4v) is 3.61. The van der Waals surface area contributed by atoms with Crippen LogP contribution in [0.15, 0.2) is 12.1 Å². The maximum absolute atomic E-state index is 13.8. The molecule has 24 heavy (non-hydrogen) atoms. The number of nitrogens with zero attached hydrogens (tertiary/aromatic N) is 3. The molecule has 2 heterocycles. The van der Waals surface area contributed by atoms with Gasteiger partial charge in [0.25, 0.3) is 0 Å². The van der Waals surface area contributed by atoms with Crippen molar-refractivity contribution in [3.05, 3.63) is 23.8 Å². The number of amides is 2. The molecule has 1 N–H and O–H groups in total. The number of rotatable bonds is 4. The van der Waals surface area contributed by atoms with Crippen LogP contribution in [-0.4, -0.2) is 62.4 Å². The van der Waals surface area contributed by atoms with E-state index in [2.05, 4.69) is 10.3 Å². The first-order valence-electron chi connectivity index (χ1n) is 7.60. The number of hydrogen-bond acceptors (Lipinski definition) is 5. The zero-order valence-corrected chi connectivity index (χ0v) is 14.0. The quantitative estimate of drug-likeness (QED) is 0.852. The molecule has 1 aromatic heterocycles. The molecule has 0 spiro atoms. The van der Waals surface area contributed by atoms with Crippen LogP contribution in [0.2, 0.25) is 0 Å². The minimum atomic E-state index is -0.649. The summed E-state index contributed by atoms with van der Waals surface area (Å²) in [5.74, 6) is -1.25. The van der Waals surface area contributed by atoms with Gasteiger partial charge in [-0.3, -0.25) is 0 Å². The molecule has 1 aromatic carbocycles. The van der Waals surface area contributed by atoms with E-state index in [0.29, 0.717) is 49.2 Å². The van der Waals surface area contributed by atoms with E-state index in [9.17, 15) is 13.6 Å². The van der Waals surface area contributed by atoms with E-state index < -0.39 is 11.6 Å². The second-order valence-corrected chi connectivity index (χ2v) is 6.44. The van der Waals surface area contributed by atoms with Crippen molar-refractivity contribution in [2.45, 2.75) is 0 Å². The molecule has 0 radical (unpaired) electrons. The number of nitrogens with one attached hydrogen (secondary N) is 1. The number of hydrogen-bond donors (Lipinski definition) is 1. The highest BCUT2D eigenvalue weighted by Gasteiger charge is 2.23. The van der Waals surface area contributed by atoms with Crippen LogP contribution in [0.3, 0.4) is 0 Å². The predicted molar refractivity (Wildman–Crippen MR) is 88.6 cm³/mol. The summed E-state index contributed by atoms with van der Waals surface area (Å²) in [7, 11) is 1.58. The number of methoxy groups -OCH3 is 1. The minimum Gasteiger partial charge on any atom is -0.383 e. The van der Waals surface area contributed by atoms with E-state index in [0.717, 1.165) is 6.07 Å². The lowest BCUT2D eigenvalue weighted by molar-refractivity contribution is 0.177. The Hall–Kier alpha value is -2.00. The average Bonchev–Trinajstić information content (AvgIpc) is 2.99. The Morgan fingerprint density at radius 3 is 2.79 bits per heavy atom. The summed E-state index contributed by atoms with van der Waals surface area (Å²) in [4.78, 5) is 20.0. The number of thiazole rings is 1. The van der Waals surface area contributed by atoms with E-state index in [4.69, 9.17) is 4.74 Å². The van der Waals surface area contributed by atoms with Gasteiger partial charge in [0.05, 0.1) is 11.3 Å². The van der Waals surface area contributed by atoms with E-state index in [1.54, 1.807) is 12.0 Å². The second kappa shape index (κ2) is 7.27. The standard InChI is InChI=1S/C15H18F2N4O2S/c1-23-7-2-18-14(22)20-3-5-21(6-4-20)15-19-13-11(17)8-10(16)9-12(13)24-15/h8-9H,2-7H2,1H3,(H,18,22). The van der Waals surface area contributed by atoms with E-state index >= 15 is 0 Å². The SMILES string of the molecule is COCCNC(=O)N1CCN(c2nc3c(F)cc(F)cc3s2)CC1. The van der Waals surface area contributed by atoms with Crippen molar-refractivity contribution < 1.29 is 18.3 Å². The number of halogens is 2. The number of ether oxygens (including phenoxy) is 1. The topological polar surface area (TPSA) is 57.7 Å². The molecule has 2 amide bonds. The lowest BCUT2D eigenvalue weighted by Gasteiger charge is -2.34. The van der Waals surface area contributed by atoms with Crippen LogP contribution in [0.5, 0.6) is 0 Å². The van der Waals surface area contributed by atoms with Gasteiger partial charge in [-0.2, -0.15) is 0 Å². The number of urea groups is 1. The summed E-state index contributed by atoms with van der Waals surface area (Å²) in [5.41, 5.74) is 0.191. The Kier molecular flexibility index (Phi) is 5.10. The summed E-state index contributed by atoms with van der Waals surface area (Å²) in [5, 5.41) is 3.43. The Labute approximate surface area is 142 Å². The summed E-state index contributed by atoms with van der Waals surface area (Å²) < 4.78 is 32.4. The molecule has 0 bridgehead atoms. The number of benzene rings is 1. The van der Waals surface area contributed by atoms with Crippen LogP contribution in [0, 0.1) is 11.6 Å². The largest absolute Gasteiger partial charge is 0.383 e. The normalized spacial score (nSPS) is 15.1. The first-order chi connectivity index (χ1) is 11.6. The van der Waals surface area contributed by atoms with E-state index in [1.165, 1.54) is 17.4 Å². The molecule has 3 rings (SSSR count). The lowest BCUT2D eigenvalue weighted by atomic mass is 10.3. The van der Waals surface area contributed by atoms with Gasteiger partial charge in [-0.05, 0) is 6.07 Å². The summed E-state index contributed by atoms with van der Waals surface area (Å²) >= 11 is 1.26. The van der Waals surface area contributed by atoms with Crippen LogP contribution in [-0.2, 0) is 4.74 Å². The predicted octanol–water partition coefficient (Wildman–Crippen LogP) is 2.05. The van der Waals surface area contributed by atoms with Gasteiger partial charge in [-0.25, -0.2) is 18.6 Å². The molecule has 0 saturated carbocycles. The number of fused-ring (bicyclic) bond motifs is 1. The monoisotopic (exact) mass is 356 g/mol. The van der Waals surface area contributed by atoms with E-state index in [1.807, 2.05) is 4.90 Å². The van der Waals surface area contributed by atoms with Gasteiger partial charge in [0.1, 0.15) is 11.3 Å². The zero-order chi connectivity index (χ0) is 17.1. The van der Waals surface area contributed by atoms with Gasteiger partial charge in [-0.1, -0.05) is 11.3 Å². The Morgan fingerprint density at radius 2 is 2.08 bits per heavy atom. The molecule has 0 unspecified atom stereocenters. The van der Waals surface area contributed by atoms with Gasteiger partial charge in [0.2, 0.25) is 0 Å². The molecular formula is C15H18F2N4O2S. The molecule has 0 atom stereocenters. The minimum absolute atomic E-state index is 0.121. The second-order valence-electron chi connectivity index (χ2n) is 5.43. The molecule has 1 saturated heterocycles. The maximum Gasteiger partial charge on any atom is 0.317 e. The maximum atomic E-state index is 13.8. The molecule has 130 valence electrons. The van der Waals surface area contributed by atoms with Crippen LogP contribution >= 0.6 is 11.3 Å². The Balaban J connectivity index is 1.62. The number of aromatic nitrogens is 1. The molecule has 0 aliphatic carbocycles. The molecule has 1 aliphatic rings. The van der Waals surface area contributed by atoms with Crippen LogP contribution in [0.4, 0.5) is 18.7 Å². The van der Waals surface area contributed by atoms with Crippen molar-refractivity contribution in [1.29, 1.82) is 0 Å². The highest BCUT2D eigenvalue weighted by Crippen LogP contribution is 2.31. The third-order valence-corrected chi connectivity index (χ3v) is 4.88. The van der Waals surface area contributed by atoms with Crippen molar-refractivity contribution in [3.63, 3.8) is 0 Å². The van der Waals surface area contributed by atoms with Crippen LogP contribution in [0.25, 0.3) is 10.2 Å². The van der Waals surface area contributed by atoms with Crippen molar-refractivity contribution in [2.75, 3.05) is 51.3 Å². The van der Waals surface area contributed by atoms with Gasteiger partial charge >= 0.3 is 6.03 Å². The first kappa shape index (κ1) is 16.8. The highest BCUT2D eigenvalue weighted by molar-refractivity contribution is 7.22. The fourth-order valence-electron chi connectivity index (χ4n) is 2.55. The molecule has 1 fully saturated rings. The molecule has 9 heteroatoms.